The van der Waals surface area contributed by atoms with E-state index in [1.807, 2.05) is 12.6 Å². The zero-order valence-corrected chi connectivity index (χ0v) is 14.3. The van der Waals surface area contributed by atoms with Gasteiger partial charge in [0.05, 0.1) is 22.4 Å². The molecular weight excluding hydrogens is 270 g/mol. The van der Waals surface area contributed by atoms with Crippen molar-refractivity contribution < 1.29 is 4.74 Å². The average Bonchev–Trinajstić information content (AvgIpc) is 2.84. The third kappa shape index (κ3) is 3.22. The smallest absolute Gasteiger partial charge is 0.0795 e. The molecule has 0 aliphatic carbocycles. The van der Waals surface area contributed by atoms with Crippen molar-refractivity contribution in [3.63, 3.8) is 0 Å². The summed E-state index contributed by atoms with van der Waals surface area (Å²) >= 11 is 1.65. The van der Waals surface area contributed by atoms with Crippen LogP contribution >= 0.6 is 11.3 Å². The molecular formula is C15H27N3OS. The van der Waals surface area contributed by atoms with Crippen molar-refractivity contribution >= 4 is 11.3 Å². The molecule has 114 valence electrons. The number of ether oxygens (including phenoxy) is 1. The lowest BCUT2D eigenvalue weighted by Crippen LogP contribution is -2.49. The van der Waals surface area contributed by atoms with Crippen molar-refractivity contribution in [2.45, 2.75) is 51.5 Å². The summed E-state index contributed by atoms with van der Waals surface area (Å²) in [6, 6.07) is 0.357. The number of hydrogen-bond donors (Lipinski definition) is 1. The Kier molecular flexibility index (Phi) is 4.54. The maximum atomic E-state index is 6.29. The lowest BCUT2D eigenvalue weighted by molar-refractivity contribution is -0.0791. The molecule has 0 aromatic carbocycles. The number of thiazole rings is 1. The van der Waals surface area contributed by atoms with Gasteiger partial charge < -0.3 is 15.0 Å². The van der Waals surface area contributed by atoms with Gasteiger partial charge in [0.1, 0.15) is 0 Å². The Balaban J connectivity index is 2.06. The summed E-state index contributed by atoms with van der Waals surface area (Å²) < 4.78 is 6.29. The van der Waals surface area contributed by atoms with Crippen molar-refractivity contribution in [2.24, 2.45) is 5.92 Å². The van der Waals surface area contributed by atoms with Crippen LogP contribution in [0.4, 0.5) is 0 Å². The van der Waals surface area contributed by atoms with Gasteiger partial charge in [-0.1, -0.05) is 0 Å². The van der Waals surface area contributed by atoms with Gasteiger partial charge in [0.15, 0.2) is 0 Å². The molecule has 2 unspecified atom stereocenters. The van der Waals surface area contributed by atoms with Crippen LogP contribution in [-0.4, -0.2) is 47.8 Å². The third-order valence-electron chi connectivity index (χ3n) is 4.31. The molecule has 0 saturated carbocycles. The van der Waals surface area contributed by atoms with Crippen molar-refractivity contribution in [3.8, 4) is 0 Å². The minimum Gasteiger partial charge on any atom is -0.368 e. The molecule has 1 saturated heterocycles. The van der Waals surface area contributed by atoms with E-state index < -0.39 is 0 Å². The van der Waals surface area contributed by atoms with Gasteiger partial charge in [-0.3, -0.25) is 0 Å². The highest BCUT2D eigenvalue weighted by Gasteiger charge is 2.53. The van der Waals surface area contributed by atoms with Crippen LogP contribution in [0.5, 0.6) is 0 Å². The van der Waals surface area contributed by atoms with Crippen LogP contribution in [0, 0.1) is 5.92 Å². The van der Waals surface area contributed by atoms with Crippen LogP contribution in [0.25, 0.3) is 0 Å². The number of nitrogens with one attached hydrogen (secondary N) is 1. The van der Waals surface area contributed by atoms with E-state index in [1.54, 1.807) is 11.3 Å². The molecule has 1 aromatic rings. The van der Waals surface area contributed by atoms with Crippen molar-refractivity contribution in [3.05, 3.63) is 16.6 Å². The van der Waals surface area contributed by atoms with Crippen molar-refractivity contribution in [1.82, 2.24) is 15.2 Å². The molecule has 1 N–H and O–H groups in total. The normalized spacial score (nSPS) is 28.1. The van der Waals surface area contributed by atoms with Crippen LogP contribution in [-0.2, 0) is 11.3 Å². The molecule has 2 atom stereocenters. The average molecular weight is 297 g/mol. The number of nitrogens with zero attached hydrogens (tertiary/aromatic N) is 2. The topological polar surface area (TPSA) is 37.4 Å². The van der Waals surface area contributed by atoms with E-state index in [1.165, 1.54) is 0 Å². The zero-order valence-electron chi connectivity index (χ0n) is 13.4. The lowest BCUT2D eigenvalue weighted by Gasteiger charge is -2.32. The molecule has 20 heavy (non-hydrogen) atoms. The molecule has 4 nitrogen and oxygen atoms in total. The van der Waals surface area contributed by atoms with E-state index in [-0.39, 0.29) is 11.2 Å². The van der Waals surface area contributed by atoms with Gasteiger partial charge in [0, 0.05) is 30.4 Å². The molecule has 1 aliphatic heterocycles. The van der Waals surface area contributed by atoms with E-state index in [9.17, 15) is 0 Å². The highest BCUT2D eigenvalue weighted by Crippen LogP contribution is 2.42. The van der Waals surface area contributed by atoms with Crippen molar-refractivity contribution in [2.75, 3.05) is 20.6 Å². The fourth-order valence-corrected chi connectivity index (χ4v) is 4.12. The number of rotatable bonds is 5. The van der Waals surface area contributed by atoms with Crippen LogP contribution in [0.2, 0.25) is 0 Å². The molecule has 2 heterocycles. The van der Waals surface area contributed by atoms with E-state index in [4.69, 9.17) is 4.74 Å². The maximum absolute atomic E-state index is 6.29. The van der Waals surface area contributed by atoms with Crippen molar-refractivity contribution in [1.29, 1.82) is 0 Å². The second-order valence-electron chi connectivity index (χ2n) is 6.86. The van der Waals surface area contributed by atoms with E-state index in [2.05, 4.69) is 55.3 Å². The lowest BCUT2D eigenvalue weighted by atomic mass is 9.82. The standard InChI is InChI=1S/C15H27N3OS/c1-14(2)12(13(16-5)15(3,4)19-14)8-18(6)7-11-9-20-10-17-11/h9-10,12-13,16H,7-8H2,1-6H3. The third-order valence-corrected chi connectivity index (χ3v) is 4.94. The van der Waals surface area contributed by atoms with Gasteiger partial charge in [-0.15, -0.1) is 11.3 Å². The summed E-state index contributed by atoms with van der Waals surface area (Å²) in [6.07, 6.45) is 0. The first-order valence-corrected chi connectivity index (χ1v) is 8.13. The van der Waals surface area contributed by atoms with Gasteiger partial charge in [-0.2, -0.15) is 0 Å². The van der Waals surface area contributed by atoms with Gasteiger partial charge >= 0.3 is 0 Å². The molecule has 0 spiro atoms. The van der Waals surface area contributed by atoms with E-state index in [0.29, 0.717) is 12.0 Å². The predicted octanol–water partition coefficient (Wildman–Crippen LogP) is 2.37. The highest BCUT2D eigenvalue weighted by atomic mass is 32.1. The molecule has 5 heteroatoms. The Labute approximate surface area is 126 Å². The van der Waals surface area contributed by atoms with E-state index >= 15 is 0 Å². The van der Waals surface area contributed by atoms with Gasteiger partial charge in [-0.05, 0) is 41.8 Å². The second kappa shape index (κ2) is 5.72. The number of hydrogen-bond acceptors (Lipinski definition) is 5. The SMILES string of the molecule is CNC1C(CN(C)Cc2cscn2)C(C)(C)OC1(C)C. The fraction of sp³-hybridized carbons (Fsp3) is 0.800. The summed E-state index contributed by atoms with van der Waals surface area (Å²) in [4.78, 5) is 6.71. The molecule has 0 amide bonds. The quantitative estimate of drug-likeness (QED) is 0.905. The predicted molar refractivity (Wildman–Crippen MR) is 84.0 cm³/mol. The number of aromatic nitrogens is 1. The molecule has 0 bridgehead atoms. The zero-order chi connectivity index (χ0) is 15.0. The number of likely N-dealkylation sites (N-methyl/N-ethyl adjacent to an activating group) is 1. The summed E-state index contributed by atoms with van der Waals surface area (Å²) in [5.41, 5.74) is 2.79. The Morgan fingerprint density at radius 2 is 2.05 bits per heavy atom. The Morgan fingerprint density at radius 1 is 1.35 bits per heavy atom. The molecule has 1 aliphatic rings. The Morgan fingerprint density at radius 3 is 2.60 bits per heavy atom. The molecule has 2 rings (SSSR count). The monoisotopic (exact) mass is 297 g/mol. The van der Waals surface area contributed by atoms with Gasteiger partial charge in [-0.25, -0.2) is 4.98 Å². The summed E-state index contributed by atoms with van der Waals surface area (Å²) in [6.45, 7) is 10.7. The van der Waals surface area contributed by atoms with Gasteiger partial charge in [0.25, 0.3) is 0 Å². The Bertz CT molecular complexity index is 430. The summed E-state index contributed by atoms with van der Waals surface area (Å²) in [7, 11) is 4.19. The first-order valence-electron chi connectivity index (χ1n) is 7.19. The van der Waals surface area contributed by atoms with E-state index in [0.717, 1.165) is 18.8 Å². The molecule has 1 aromatic heterocycles. The minimum atomic E-state index is -0.135. The van der Waals surface area contributed by atoms with Crippen LogP contribution in [0.1, 0.15) is 33.4 Å². The fourth-order valence-electron chi connectivity index (χ4n) is 3.57. The summed E-state index contributed by atoms with van der Waals surface area (Å²) in [5.74, 6) is 0.450. The maximum Gasteiger partial charge on any atom is 0.0795 e. The molecule has 1 fully saturated rings. The second-order valence-corrected chi connectivity index (χ2v) is 7.58. The van der Waals surface area contributed by atoms with Crippen LogP contribution in [0.3, 0.4) is 0 Å². The first-order chi connectivity index (χ1) is 9.26. The highest BCUT2D eigenvalue weighted by molar-refractivity contribution is 7.07. The Hall–Kier alpha value is -0.490. The van der Waals surface area contributed by atoms with Crippen LogP contribution < -0.4 is 5.32 Å². The largest absolute Gasteiger partial charge is 0.368 e. The van der Waals surface area contributed by atoms with Crippen LogP contribution in [0.15, 0.2) is 10.9 Å². The first kappa shape index (κ1) is 15.9. The van der Waals surface area contributed by atoms with Gasteiger partial charge in [0.2, 0.25) is 0 Å². The molecule has 0 radical (unpaired) electrons. The summed E-state index contributed by atoms with van der Waals surface area (Å²) in [5, 5.41) is 5.58. The minimum absolute atomic E-state index is 0.118.